The molecule has 6 nitrogen and oxygen atoms in total. The van der Waals surface area contributed by atoms with Crippen LogP contribution in [0.3, 0.4) is 0 Å². The van der Waals surface area contributed by atoms with Crippen LogP contribution in [-0.2, 0) is 5.41 Å². The molecule has 41 heavy (non-hydrogen) atoms. The predicted octanol–water partition coefficient (Wildman–Crippen LogP) is 7.69. The normalized spacial score (nSPS) is 21.2. The van der Waals surface area contributed by atoms with Crippen molar-refractivity contribution < 1.29 is 4.79 Å². The SMILES string of the molecule is C=CCN1Sc2cccc(n2)N(C)C(c2ccccc2)CC[C@@H]2CN(c3nc(C(C)(C)C)ccc3C1=O)C(C)(C)C2. The molecule has 3 aromatic rings. The Morgan fingerprint density at radius 3 is 2.49 bits per heavy atom. The summed E-state index contributed by atoms with van der Waals surface area (Å²) in [6.07, 6.45) is 4.90. The van der Waals surface area contributed by atoms with E-state index in [1.807, 2.05) is 24.3 Å². The Labute approximate surface area is 250 Å². The van der Waals surface area contributed by atoms with E-state index < -0.39 is 0 Å². The van der Waals surface area contributed by atoms with Crippen molar-refractivity contribution in [3.8, 4) is 0 Å². The molecule has 0 spiro atoms. The van der Waals surface area contributed by atoms with Gasteiger partial charge in [0.2, 0.25) is 0 Å². The number of carbonyl (C=O) groups excluding carboxylic acids is 1. The lowest BCUT2D eigenvalue weighted by molar-refractivity contribution is 0.0881. The molecule has 0 saturated carbocycles. The first-order valence-corrected chi connectivity index (χ1v) is 15.4. The van der Waals surface area contributed by atoms with Crippen LogP contribution in [0.1, 0.15) is 81.5 Å². The minimum atomic E-state index is -0.133. The number of amides is 1. The van der Waals surface area contributed by atoms with Gasteiger partial charge in [-0.3, -0.25) is 9.10 Å². The lowest BCUT2D eigenvalue weighted by Crippen LogP contribution is -2.41. The van der Waals surface area contributed by atoms with E-state index in [0.29, 0.717) is 18.0 Å². The molecule has 0 radical (unpaired) electrons. The van der Waals surface area contributed by atoms with Crippen molar-refractivity contribution in [2.45, 2.75) is 75.9 Å². The number of fused-ring (bicyclic) bond motifs is 6. The minimum absolute atomic E-state index is 0.0744. The molecular formula is C34H43N5OS. The second-order valence-corrected chi connectivity index (χ2v) is 14.0. The summed E-state index contributed by atoms with van der Waals surface area (Å²) in [5, 5.41) is 0.772. The highest BCUT2D eigenvalue weighted by atomic mass is 32.2. The molecule has 1 saturated heterocycles. The Morgan fingerprint density at radius 2 is 1.78 bits per heavy atom. The smallest absolute Gasteiger partial charge is 0.268 e. The summed E-state index contributed by atoms with van der Waals surface area (Å²) in [5.41, 5.74) is 2.65. The van der Waals surface area contributed by atoms with Gasteiger partial charge in [0.15, 0.2) is 0 Å². The topological polar surface area (TPSA) is 52.6 Å². The van der Waals surface area contributed by atoms with Crippen molar-refractivity contribution in [1.29, 1.82) is 0 Å². The fourth-order valence-corrected chi connectivity index (χ4v) is 7.04. The molecule has 4 bridgehead atoms. The maximum atomic E-state index is 14.3. The van der Waals surface area contributed by atoms with Gasteiger partial charge in [0.1, 0.15) is 16.7 Å². The Morgan fingerprint density at radius 1 is 1.02 bits per heavy atom. The van der Waals surface area contributed by atoms with E-state index in [9.17, 15) is 4.79 Å². The number of carbonyl (C=O) groups is 1. The number of anilines is 2. The molecule has 0 aliphatic carbocycles. The fourth-order valence-electron chi connectivity index (χ4n) is 6.18. The highest BCUT2D eigenvalue weighted by Crippen LogP contribution is 2.42. The van der Waals surface area contributed by atoms with Crippen LogP contribution in [0.15, 0.2) is 78.3 Å². The zero-order valence-corrected chi connectivity index (χ0v) is 26.1. The molecule has 1 aromatic carbocycles. The average molecular weight is 570 g/mol. The Hall–Kier alpha value is -3.32. The lowest BCUT2D eigenvalue weighted by atomic mass is 9.90. The first-order valence-electron chi connectivity index (χ1n) is 14.6. The van der Waals surface area contributed by atoms with Crippen molar-refractivity contribution in [2.24, 2.45) is 5.92 Å². The zero-order chi connectivity index (χ0) is 29.4. The summed E-state index contributed by atoms with van der Waals surface area (Å²) in [7, 11) is 2.14. The number of nitrogens with zero attached hydrogens (tertiary/aromatic N) is 5. The first-order chi connectivity index (χ1) is 19.5. The molecule has 0 N–H and O–H groups in total. The van der Waals surface area contributed by atoms with E-state index in [-0.39, 0.29) is 22.9 Å². The molecule has 216 valence electrons. The van der Waals surface area contributed by atoms with Gasteiger partial charge >= 0.3 is 0 Å². The third kappa shape index (κ3) is 6.15. The van der Waals surface area contributed by atoms with Crippen LogP contribution >= 0.6 is 11.9 Å². The highest BCUT2D eigenvalue weighted by molar-refractivity contribution is 7.97. The van der Waals surface area contributed by atoms with Crippen LogP contribution in [0, 0.1) is 5.92 Å². The Kier molecular flexibility index (Phi) is 8.20. The maximum Gasteiger partial charge on any atom is 0.268 e. The quantitative estimate of drug-likeness (QED) is 0.238. The summed E-state index contributed by atoms with van der Waals surface area (Å²) in [6.45, 7) is 16.3. The standard InChI is InChI=1S/C34H43N5OS/c1-8-21-39-32(40)26-18-20-28(33(2,3)4)35-31(26)38-23-24(22-34(38,5)6)17-19-27(25-13-10-9-11-14-25)37(7)29-15-12-16-30(36-29)41-39/h8-16,18,20,24,27H,1,17,19,21-23H2,2-7H3/t24-,27?/m0/s1. The third-order valence-corrected chi connectivity index (χ3v) is 9.33. The lowest BCUT2D eigenvalue weighted by Gasteiger charge is -2.35. The molecule has 2 aromatic heterocycles. The number of rotatable bonds is 3. The van der Waals surface area contributed by atoms with Gasteiger partial charge in [-0.25, -0.2) is 9.97 Å². The van der Waals surface area contributed by atoms with Gasteiger partial charge in [-0.05, 0) is 68.9 Å². The minimum Gasteiger partial charge on any atom is -0.353 e. The van der Waals surface area contributed by atoms with Gasteiger partial charge in [0, 0.05) is 42.2 Å². The van der Waals surface area contributed by atoms with E-state index in [1.54, 1.807) is 10.4 Å². The van der Waals surface area contributed by atoms with Crippen molar-refractivity contribution in [2.75, 3.05) is 29.9 Å². The van der Waals surface area contributed by atoms with Crippen molar-refractivity contribution in [3.05, 3.63) is 90.1 Å². The van der Waals surface area contributed by atoms with Crippen LogP contribution in [-0.4, -0.2) is 45.9 Å². The number of hydrogen-bond acceptors (Lipinski definition) is 6. The van der Waals surface area contributed by atoms with Crippen LogP contribution in [0.4, 0.5) is 11.6 Å². The predicted molar refractivity (Wildman–Crippen MR) is 171 cm³/mol. The van der Waals surface area contributed by atoms with E-state index >= 15 is 0 Å². The van der Waals surface area contributed by atoms with Crippen molar-refractivity contribution in [3.63, 3.8) is 0 Å². The van der Waals surface area contributed by atoms with Crippen LogP contribution in [0.2, 0.25) is 0 Å². The molecule has 1 fully saturated rings. The third-order valence-electron chi connectivity index (χ3n) is 8.38. The van der Waals surface area contributed by atoms with Crippen LogP contribution < -0.4 is 9.80 Å². The zero-order valence-electron chi connectivity index (χ0n) is 25.3. The highest BCUT2D eigenvalue weighted by Gasteiger charge is 2.41. The molecule has 1 amide bonds. The van der Waals surface area contributed by atoms with Gasteiger partial charge in [-0.2, -0.15) is 0 Å². The average Bonchev–Trinajstić information content (AvgIpc) is 3.25. The summed E-state index contributed by atoms with van der Waals surface area (Å²) in [4.78, 5) is 29.2. The fraction of sp³-hybridized carbons (Fsp3) is 0.441. The van der Waals surface area contributed by atoms with Crippen molar-refractivity contribution in [1.82, 2.24) is 14.3 Å². The summed E-state index contributed by atoms with van der Waals surface area (Å²) < 4.78 is 1.76. The van der Waals surface area contributed by atoms with E-state index in [1.165, 1.54) is 17.5 Å². The number of benzene rings is 1. The van der Waals surface area contributed by atoms with E-state index in [0.717, 1.165) is 48.2 Å². The van der Waals surface area contributed by atoms with Gasteiger partial charge in [-0.1, -0.05) is 63.2 Å². The van der Waals surface area contributed by atoms with Gasteiger partial charge in [0.05, 0.1) is 18.2 Å². The first kappa shape index (κ1) is 29.2. The summed E-state index contributed by atoms with van der Waals surface area (Å²) >= 11 is 1.36. The molecule has 2 aliphatic heterocycles. The number of hydrogen-bond donors (Lipinski definition) is 0. The Bertz CT molecular complexity index is 1400. The molecular weight excluding hydrogens is 526 g/mol. The van der Waals surface area contributed by atoms with E-state index in [2.05, 4.69) is 94.4 Å². The van der Waals surface area contributed by atoms with Crippen LogP contribution in [0.25, 0.3) is 0 Å². The molecule has 5 rings (SSSR count). The molecule has 4 heterocycles. The van der Waals surface area contributed by atoms with Gasteiger partial charge in [0.25, 0.3) is 5.91 Å². The second-order valence-electron chi connectivity index (χ2n) is 13.0. The Balaban J connectivity index is 1.65. The van der Waals surface area contributed by atoms with Crippen LogP contribution in [0.5, 0.6) is 0 Å². The van der Waals surface area contributed by atoms with Gasteiger partial charge < -0.3 is 9.80 Å². The summed E-state index contributed by atoms with van der Waals surface area (Å²) in [5.74, 6) is 2.10. The molecule has 7 heteroatoms. The summed E-state index contributed by atoms with van der Waals surface area (Å²) in [6, 6.07) is 21.0. The largest absolute Gasteiger partial charge is 0.353 e. The monoisotopic (exact) mass is 569 g/mol. The second kappa shape index (κ2) is 11.5. The number of aromatic nitrogens is 2. The molecule has 1 unspecified atom stereocenters. The maximum absolute atomic E-state index is 14.3. The number of pyridine rings is 2. The molecule has 2 aliphatic rings. The van der Waals surface area contributed by atoms with Gasteiger partial charge in [-0.15, -0.1) is 6.58 Å². The van der Waals surface area contributed by atoms with E-state index in [4.69, 9.17) is 9.97 Å². The molecule has 2 atom stereocenters. The van der Waals surface area contributed by atoms with Crippen molar-refractivity contribution >= 4 is 29.5 Å².